The van der Waals surface area contributed by atoms with Gasteiger partial charge >= 0.3 is 11.9 Å². The van der Waals surface area contributed by atoms with Crippen LogP contribution < -0.4 is 0 Å². The molecule has 0 saturated heterocycles. The maximum Gasteiger partial charge on any atom is 0.342 e. The fraction of sp³-hybridized carbons (Fsp3) is 0.480. The lowest BCUT2D eigenvalue weighted by Crippen LogP contribution is -2.24. The number of aldehydes is 1. The first kappa shape index (κ1) is 26.0. The molecule has 1 aromatic rings. The van der Waals surface area contributed by atoms with Crippen LogP contribution in [0, 0.1) is 17.8 Å². The fourth-order valence-electron chi connectivity index (χ4n) is 2.91. The molecule has 168 valence electrons. The van der Waals surface area contributed by atoms with Gasteiger partial charge in [-0.25, -0.2) is 4.79 Å². The molecule has 0 aliphatic carbocycles. The van der Waals surface area contributed by atoms with Gasteiger partial charge in [-0.1, -0.05) is 24.7 Å². The van der Waals surface area contributed by atoms with Crippen molar-refractivity contribution in [3.05, 3.63) is 47.5 Å². The summed E-state index contributed by atoms with van der Waals surface area (Å²) < 4.78 is 16.9. The molecule has 1 aromatic heterocycles. The molecule has 0 aliphatic rings. The van der Waals surface area contributed by atoms with Gasteiger partial charge in [0.1, 0.15) is 22.7 Å². The molecule has 2 atom stereocenters. The molecular weight excluding hydrogens is 396 g/mol. The molecule has 0 aliphatic heterocycles. The van der Waals surface area contributed by atoms with E-state index in [9.17, 15) is 14.4 Å². The van der Waals surface area contributed by atoms with E-state index >= 15 is 0 Å². The van der Waals surface area contributed by atoms with E-state index in [1.54, 1.807) is 33.8 Å². The molecule has 1 heterocycles. The van der Waals surface area contributed by atoms with E-state index in [1.807, 2.05) is 6.92 Å². The van der Waals surface area contributed by atoms with Gasteiger partial charge in [0.15, 0.2) is 12.4 Å². The van der Waals surface area contributed by atoms with Gasteiger partial charge < -0.3 is 13.9 Å². The maximum atomic E-state index is 12.9. The van der Waals surface area contributed by atoms with Crippen molar-refractivity contribution in [2.24, 2.45) is 5.92 Å². The molecule has 0 spiro atoms. The van der Waals surface area contributed by atoms with Crippen LogP contribution in [0.3, 0.4) is 0 Å². The Morgan fingerprint density at radius 3 is 2.32 bits per heavy atom. The molecule has 0 aromatic carbocycles. The molecular formula is C25H32O6. The fourth-order valence-corrected chi connectivity index (χ4v) is 2.91. The van der Waals surface area contributed by atoms with Crippen molar-refractivity contribution in [1.82, 2.24) is 0 Å². The van der Waals surface area contributed by atoms with Crippen LogP contribution in [0.4, 0.5) is 0 Å². The lowest BCUT2D eigenvalue weighted by Gasteiger charge is -2.20. The number of esters is 2. The van der Waals surface area contributed by atoms with E-state index in [1.165, 1.54) is 6.92 Å². The number of allylic oxidation sites excluding steroid dienone is 1. The Hall–Kier alpha value is -3.07. The minimum Gasteiger partial charge on any atom is -0.461 e. The lowest BCUT2D eigenvalue weighted by atomic mass is 9.91. The second-order valence-electron chi connectivity index (χ2n) is 8.55. The van der Waals surface area contributed by atoms with Crippen molar-refractivity contribution >= 4 is 18.2 Å². The van der Waals surface area contributed by atoms with Crippen LogP contribution in [0.25, 0.3) is 0 Å². The van der Waals surface area contributed by atoms with Gasteiger partial charge in [-0.05, 0) is 64.5 Å². The second kappa shape index (κ2) is 11.4. The number of rotatable bonds is 9. The van der Waals surface area contributed by atoms with Crippen molar-refractivity contribution in [1.29, 1.82) is 0 Å². The summed E-state index contributed by atoms with van der Waals surface area (Å²) in [6, 6.07) is 1.55. The van der Waals surface area contributed by atoms with Gasteiger partial charge in [0.05, 0.1) is 0 Å². The summed E-state index contributed by atoms with van der Waals surface area (Å²) in [5.74, 6) is 4.86. The number of ether oxygens (including phenoxy) is 2. The Labute approximate surface area is 184 Å². The highest BCUT2D eigenvalue weighted by Crippen LogP contribution is 2.32. The highest BCUT2D eigenvalue weighted by atomic mass is 16.6. The van der Waals surface area contributed by atoms with Gasteiger partial charge in [0.25, 0.3) is 0 Å². The average Bonchev–Trinajstić information content (AvgIpc) is 3.04. The zero-order valence-corrected chi connectivity index (χ0v) is 19.3. The summed E-state index contributed by atoms with van der Waals surface area (Å²) in [7, 11) is 0. The molecule has 0 bridgehead atoms. The molecule has 6 nitrogen and oxygen atoms in total. The third-order valence-electron chi connectivity index (χ3n) is 4.34. The first-order valence-electron chi connectivity index (χ1n) is 10.1. The Bertz CT molecular complexity index is 901. The summed E-state index contributed by atoms with van der Waals surface area (Å²) in [4.78, 5) is 34.8. The predicted molar refractivity (Wildman–Crippen MR) is 118 cm³/mol. The van der Waals surface area contributed by atoms with Crippen molar-refractivity contribution in [2.75, 3.05) is 0 Å². The largest absolute Gasteiger partial charge is 0.461 e. The number of hydrogen-bond acceptors (Lipinski definition) is 6. The highest BCUT2D eigenvalue weighted by Gasteiger charge is 2.29. The van der Waals surface area contributed by atoms with Gasteiger partial charge in [0.2, 0.25) is 0 Å². The smallest absolute Gasteiger partial charge is 0.342 e. The standard InChI is InChI=1S/C25H32O6/c1-16(2)19(12-10-9-11-13-26)14-21-20(24(28)31-25(6,7)8)15-22(30-21)23(17(3)4)29-18(5)27/h13,15,19,23H,1,3,10,12,14H2,2,4-8H3. The summed E-state index contributed by atoms with van der Waals surface area (Å²) in [5.41, 5.74) is 1.05. The molecule has 0 N–H and O–H groups in total. The van der Waals surface area contributed by atoms with Crippen LogP contribution in [-0.2, 0) is 25.5 Å². The molecule has 0 fully saturated rings. The van der Waals surface area contributed by atoms with Crippen LogP contribution >= 0.6 is 0 Å². The molecule has 2 unspecified atom stereocenters. The molecule has 0 saturated carbocycles. The zero-order chi connectivity index (χ0) is 23.8. The molecule has 1 rings (SSSR count). The van der Waals surface area contributed by atoms with Crippen molar-refractivity contribution < 1.29 is 28.3 Å². The summed E-state index contributed by atoms with van der Waals surface area (Å²) in [6.45, 7) is 18.1. The molecule has 31 heavy (non-hydrogen) atoms. The monoisotopic (exact) mass is 428 g/mol. The minimum atomic E-state index is -0.811. The molecule has 0 radical (unpaired) electrons. The van der Waals surface area contributed by atoms with Crippen molar-refractivity contribution in [3.8, 4) is 11.8 Å². The summed E-state index contributed by atoms with van der Waals surface area (Å²) in [5, 5.41) is 0. The highest BCUT2D eigenvalue weighted by molar-refractivity contribution is 5.91. The summed E-state index contributed by atoms with van der Waals surface area (Å²) >= 11 is 0. The van der Waals surface area contributed by atoms with E-state index in [4.69, 9.17) is 13.9 Å². The normalized spacial score (nSPS) is 12.7. The number of carbonyl (C=O) groups excluding carboxylic acids is 3. The van der Waals surface area contributed by atoms with Gasteiger partial charge in [-0.15, -0.1) is 0 Å². The van der Waals surface area contributed by atoms with Gasteiger partial charge in [0, 0.05) is 19.8 Å². The van der Waals surface area contributed by atoms with Crippen molar-refractivity contribution in [3.63, 3.8) is 0 Å². The summed E-state index contributed by atoms with van der Waals surface area (Å²) in [6.07, 6.45) is 1.29. The van der Waals surface area contributed by atoms with Crippen LogP contribution in [-0.4, -0.2) is 23.8 Å². The lowest BCUT2D eigenvalue weighted by molar-refractivity contribution is -0.145. The quantitative estimate of drug-likeness (QED) is 0.235. The third kappa shape index (κ3) is 8.67. The first-order valence-corrected chi connectivity index (χ1v) is 10.1. The minimum absolute atomic E-state index is 0.0295. The van der Waals surface area contributed by atoms with Gasteiger partial charge in [-0.3, -0.25) is 9.59 Å². The van der Waals surface area contributed by atoms with E-state index in [0.29, 0.717) is 42.6 Å². The molecule has 0 amide bonds. The Morgan fingerprint density at radius 1 is 1.19 bits per heavy atom. The zero-order valence-electron chi connectivity index (χ0n) is 19.3. The van der Waals surface area contributed by atoms with Crippen LogP contribution in [0.2, 0.25) is 0 Å². The number of furan rings is 1. The van der Waals surface area contributed by atoms with E-state index in [-0.39, 0.29) is 11.5 Å². The van der Waals surface area contributed by atoms with Crippen molar-refractivity contribution in [2.45, 2.75) is 72.5 Å². The SMILES string of the molecule is C=C(C)C(CCC#CC=O)Cc1oc(C(OC(C)=O)C(=C)C)cc1C(=O)OC(C)(C)C. The van der Waals surface area contributed by atoms with Gasteiger partial charge in [-0.2, -0.15) is 0 Å². The van der Waals surface area contributed by atoms with E-state index < -0.39 is 23.6 Å². The Kier molecular flexibility index (Phi) is 9.51. The Morgan fingerprint density at radius 2 is 1.84 bits per heavy atom. The number of hydrogen-bond donors (Lipinski definition) is 0. The average molecular weight is 429 g/mol. The maximum absolute atomic E-state index is 12.9. The first-order chi connectivity index (χ1) is 14.4. The van der Waals surface area contributed by atoms with E-state index in [2.05, 4.69) is 25.0 Å². The number of carbonyl (C=O) groups is 3. The predicted octanol–water partition coefficient (Wildman–Crippen LogP) is 5.13. The van der Waals surface area contributed by atoms with Crippen LogP contribution in [0.5, 0.6) is 0 Å². The third-order valence-corrected chi connectivity index (χ3v) is 4.34. The van der Waals surface area contributed by atoms with Crippen LogP contribution in [0.1, 0.15) is 82.4 Å². The Balaban J connectivity index is 3.35. The van der Waals surface area contributed by atoms with E-state index in [0.717, 1.165) is 5.57 Å². The molecule has 6 heteroatoms. The van der Waals surface area contributed by atoms with Crippen LogP contribution in [0.15, 0.2) is 34.8 Å². The topological polar surface area (TPSA) is 82.8 Å². The second-order valence-corrected chi connectivity index (χ2v) is 8.55.